The standard InChI is InChI=1S/C34H42N4O3/c1-2-26-8-10-29(11-9-26)33(39)36-30-12-13-32(31(25-30)34(40)35-16-19-37-20-22-41-23-21-37)38-17-14-28(15-18-38)24-27-6-4-3-5-7-27/h3-13,25,28H,2,14-24H2,1H3,(H,35,40)(H,36,39). The molecule has 0 aliphatic carbocycles. The van der Waals surface area contributed by atoms with E-state index in [0.29, 0.717) is 29.3 Å². The van der Waals surface area contributed by atoms with E-state index in [9.17, 15) is 9.59 Å². The number of hydrogen-bond acceptors (Lipinski definition) is 5. The number of carbonyl (C=O) groups excluding carboxylic acids is 2. The number of rotatable bonds is 10. The highest BCUT2D eigenvalue weighted by Gasteiger charge is 2.24. The zero-order chi connectivity index (χ0) is 28.4. The van der Waals surface area contributed by atoms with Gasteiger partial charge >= 0.3 is 0 Å². The predicted molar refractivity (Wildman–Crippen MR) is 165 cm³/mol. The molecule has 41 heavy (non-hydrogen) atoms. The average Bonchev–Trinajstić information content (AvgIpc) is 3.02. The molecule has 2 fully saturated rings. The first kappa shape index (κ1) is 28.8. The second-order valence-electron chi connectivity index (χ2n) is 11.1. The first-order valence-electron chi connectivity index (χ1n) is 15.0. The lowest BCUT2D eigenvalue weighted by Gasteiger charge is -2.35. The SMILES string of the molecule is CCc1ccc(C(=O)Nc2ccc(N3CCC(Cc4ccccc4)CC3)c(C(=O)NCCN3CCOCC3)c2)cc1. The van der Waals surface area contributed by atoms with E-state index < -0.39 is 0 Å². The molecule has 0 radical (unpaired) electrons. The van der Waals surface area contributed by atoms with Gasteiger partial charge in [-0.15, -0.1) is 0 Å². The van der Waals surface area contributed by atoms with E-state index >= 15 is 0 Å². The number of anilines is 2. The number of morpholine rings is 1. The van der Waals surface area contributed by atoms with E-state index in [4.69, 9.17) is 4.74 Å². The summed E-state index contributed by atoms with van der Waals surface area (Å²) < 4.78 is 5.44. The normalized spacial score (nSPS) is 16.4. The smallest absolute Gasteiger partial charge is 0.255 e. The minimum Gasteiger partial charge on any atom is -0.379 e. The largest absolute Gasteiger partial charge is 0.379 e. The number of aryl methyl sites for hydroxylation is 1. The molecule has 2 aliphatic heterocycles. The zero-order valence-electron chi connectivity index (χ0n) is 24.1. The van der Waals surface area contributed by atoms with Gasteiger partial charge in [-0.1, -0.05) is 49.4 Å². The van der Waals surface area contributed by atoms with E-state index in [2.05, 4.69) is 57.7 Å². The lowest BCUT2D eigenvalue weighted by atomic mass is 9.89. The van der Waals surface area contributed by atoms with Crippen molar-refractivity contribution in [2.45, 2.75) is 32.6 Å². The Morgan fingerprint density at radius 1 is 0.854 bits per heavy atom. The van der Waals surface area contributed by atoms with Crippen LogP contribution < -0.4 is 15.5 Å². The van der Waals surface area contributed by atoms with Crippen molar-refractivity contribution in [2.24, 2.45) is 5.92 Å². The summed E-state index contributed by atoms with van der Waals surface area (Å²) in [5.41, 5.74) is 5.33. The molecule has 7 nitrogen and oxygen atoms in total. The number of piperidine rings is 1. The average molecular weight is 555 g/mol. The van der Waals surface area contributed by atoms with Crippen LogP contribution in [0.5, 0.6) is 0 Å². The molecule has 0 aromatic heterocycles. The van der Waals surface area contributed by atoms with Gasteiger partial charge in [0.15, 0.2) is 0 Å². The van der Waals surface area contributed by atoms with Crippen LogP contribution in [-0.2, 0) is 17.6 Å². The molecule has 5 rings (SSSR count). The molecule has 3 aromatic rings. The number of nitrogens with one attached hydrogen (secondary N) is 2. The predicted octanol–water partition coefficient (Wildman–Crippen LogP) is 5.02. The van der Waals surface area contributed by atoms with Gasteiger partial charge in [0, 0.05) is 56.2 Å². The summed E-state index contributed by atoms with van der Waals surface area (Å²) in [4.78, 5) is 31.2. The molecule has 0 unspecified atom stereocenters. The van der Waals surface area contributed by atoms with Crippen molar-refractivity contribution >= 4 is 23.2 Å². The molecule has 2 heterocycles. The van der Waals surface area contributed by atoms with Crippen molar-refractivity contribution in [1.29, 1.82) is 0 Å². The summed E-state index contributed by atoms with van der Waals surface area (Å²) in [7, 11) is 0. The maximum Gasteiger partial charge on any atom is 0.255 e. The van der Waals surface area contributed by atoms with E-state index in [-0.39, 0.29) is 11.8 Å². The summed E-state index contributed by atoms with van der Waals surface area (Å²) in [5, 5.41) is 6.13. The van der Waals surface area contributed by atoms with Crippen LogP contribution >= 0.6 is 0 Å². The topological polar surface area (TPSA) is 73.9 Å². The highest BCUT2D eigenvalue weighted by atomic mass is 16.5. The Labute approximate surface area is 243 Å². The summed E-state index contributed by atoms with van der Waals surface area (Å²) in [5.74, 6) is 0.348. The number of benzene rings is 3. The first-order chi connectivity index (χ1) is 20.1. The fourth-order valence-corrected chi connectivity index (χ4v) is 5.74. The fourth-order valence-electron chi connectivity index (χ4n) is 5.74. The third-order valence-corrected chi connectivity index (χ3v) is 8.26. The van der Waals surface area contributed by atoms with Gasteiger partial charge in [-0.05, 0) is 73.1 Å². The monoisotopic (exact) mass is 554 g/mol. The molecule has 0 atom stereocenters. The number of amides is 2. The molecule has 3 aromatic carbocycles. The number of hydrogen-bond donors (Lipinski definition) is 2. The lowest BCUT2D eigenvalue weighted by Crippen LogP contribution is -2.41. The van der Waals surface area contributed by atoms with Gasteiger partial charge < -0.3 is 20.3 Å². The van der Waals surface area contributed by atoms with Gasteiger partial charge in [0.2, 0.25) is 0 Å². The van der Waals surface area contributed by atoms with E-state index in [1.807, 2.05) is 42.5 Å². The van der Waals surface area contributed by atoms with Crippen molar-refractivity contribution in [2.75, 3.05) is 62.7 Å². The van der Waals surface area contributed by atoms with Crippen molar-refractivity contribution in [3.63, 3.8) is 0 Å². The second kappa shape index (κ2) is 14.3. The molecule has 216 valence electrons. The summed E-state index contributed by atoms with van der Waals surface area (Å²) in [6.45, 7) is 8.51. The van der Waals surface area contributed by atoms with Gasteiger partial charge in [-0.2, -0.15) is 0 Å². The van der Waals surface area contributed by atoms with Crippen LogP contribution in [0.15, 0.2) is 72.8 Å². The van der Waals surface area contributed by atoms with Crippen LogP contribution in [0.2, 0.25) is 0 Å². The molecule has 2 aliphatic rings. The molecular formula is C34H42N4O3. The van der Waals surface area contributed by atoms with Gasteiger partial charge in [0.1, 0.15) is 0 Å². The highest BCUT2D eigenvalue weighted by Crippen LogP contribution is 2.30. The Hall–Kier alpha value is -3.68. The molecule has 2 saturated heterocycles. The van der Waals surface area contributed by atoms with Crippen LogP contribution in [0.3, 0.4) is 0 Å². The van der Waals surface area contributed by atoms with Crippen LogP contribution in [0, 0.1) is 5.92 Å². The summed E-state index contributed by atoms with van der Waals surface area (Å²) >= 11 is 0. The van der Waals surface area contributed by atoms with Crippen LogP contribution in [0.4, 0.5) is 11.4 Å². The van der Waals surface area contributed by atoms with Crippen molar-refractivity contribution < 1.29 is 14.3 Å². The highest BCUT2D eigenvalue weighted by molar-refractivity contribution is 6.06. The Balaban J connectivity index is 1.28. The van der Waals surface area contributed by atoms with Crippen LogP contribution in [-0.4, -0.2) is 69.2 Å². The van der Waals surface area contributed by atoms with Crippen LogP contribution in [0.25, 0.3) is 0 Å². The van der Waals surface area contributed by atoms with E-state index in [1.54, 1.807) is 0 Å². The molecule has 0 bridgehead atoms. The van der Waals surface area contributed by atoms with Gasteiger partial charge in [-0.25, -0.2) is 0 Å². The quantitative estimate of drug-likeness (QED) is 0.368. The first-order valence-corrected chi connectivity index (χ1v) is 15.0. The second-order valence-corrected chi connectivity index (χ2v) is 11.1. The van der Waals surface area contributed by atoms with Gasteiger partial charge in [0.05, 0.1) is 18.8 Å². The molecule has 0 saturated carbocycles. The maximum absolute atomic E-state index is 13.5. The minimum atomic E-state index is -0.180. The summed E-state index contributed by atoms with van der Waals surface area (Å²) in [6.07, 6.45) is 4.18. The Bertz CT molecular complexity index is 1280. The fraction of sp³-hybridized carbons (Fsp3) is 0.412. The maximum atomic E-state index is 13.5. The Morgan fingerprint density at radius 3 is 2.29 bits per heavy atom. The van der Waals surface area contributed by atoms with E-state index in [1.165, 1.54) is 11.1 Å². The number of ether oxygens (including phenoxy) is 1. The van der Waals surface area contributed by atoms with Crippen molar-refractivity contribution in [1.82, 2.24) is 10.2 Å². The van der Waals surface area contributed by atoms with Crippen molar-refractivity contribution in [3.8, 4) is 0 Å². The number of nitrogens with zero attached hydrogens (tertiary/aromatic N) is 2. The van der Waals surface area contributed by atoms with Gasteiger partial charge in [0.25, 0.3) is 11.8 Å². The molecule has 0 spiro atoms. The Kier molecular flexibility index (Phi) is 10.0. The molecule has 7 heteroatoms. The Morgan fingerprint density at radius 2 is 1.59 bits per heavy atom. The molecule has 2 amide bonds. The minimum absolute atomic E-state index is 0.108. The number of carbonyl (C=O) groups is 2. The van der Waals surface area contributed by atoms with E-state index in [0.717, 1.165) is 77.3 Å². The summed E-state index contributed by atoms with van der Waals surface area (Å²) in [6, 6.07) is 24.1. The molecular weight excluding hydrogens is 512 g/mol. The van der Waals surface area contributed by atoms with Gasteiger partial charge in [-0.3, -0.25) is 14.5 Å². The lowest BCUT2D eigenvalue weighted by molar-refractivity contribution is 0.0383. The zero-order valence-corrected chi connectivity index (χ0v) is 24.1. The molecule has 2 N–H and O–H groups in total. The van der Waals surface area contributed by atoms with Crippen molar-refractivity contribution in [3.05, 3.63) is 95.1 Å². The van der Waals surface area contributed by atoms with Crippen LogP contribution in [0.1, 0.15) is 51.6 Å². The third-order valence-electron chi connectivity index (χ3n) is 8.26. The third kappa shape index (κ3) is 7.96.